The Morgan fingerprint density at radius 2 is 2.18 bits per heavy atom. The maximum Gasteiger partial charge on any atom is 0.338 e. The van der Waals surface area contributed by atoms with Gasteiger partial charge in [0.25, 0.3) is 0 Å². The monoisotopic (exact) mass is 170 g/mol. The predicted molar refractivity (Wildman–Crippen MR) is 42.8 cm³/mol. The zero-order valence-electron chi connectivity index (χ0n) is 5.74. The highest BCUT2D eigenvalue weighted by atomic mass is 35.5. The highest BCUT2D eigenvalue weighted by Crippen LogP contribution is 2.13. The highest BCUT2D eigenvalue weighted by molar-refractivity contribution is 5.90. The Morgan fingerprint density at radius 1 is 1.36 bits per heavy atom. The van der Waals surface area contributed by atoms with Crippen LogP contribution in [0.5, 0.6) is 0 Å². The largest absolute Gasteiger partial charge is 0.457 e. The van der Waals surface area contributed by atoms with Crippen LogP contribution < -0.4 is 0 Å². The van der Waals surface area contributed by atoms with Gasteiger partial charge in [-0.3, -0.25) is 0 Å². The van der Waals surface area contributed by atoms with Gasteiger partial charge in [0.2, 0.25) is 0 Å². The lowest BCUT2D eigenvalue weighted by Crippen LogP contribution is -2.10. The van der Waals surface area contributed by atoms with E-state index in [1.165, 1.54) is 0 Å². The number of fused-ring (bicyclic) bond motifs is 2. The summed E-state index contributed by atoms with van der Waals surface area (Å²) in [6.45, 7) is 0.423. The number of hydrogen-bond acceptors (Lipinski definition) is 2. The topological polar surface area (TPSA) is 26.3 Å². The molecule has 1 aromatic rings. The zero-order chi connectivity index (χ0) is 6.97. The van der Waals surface area contributed by atoms with Crippen LogP contribution in [0.25, 0.3) is 0 Å². The molecule has 0 saturated heterocycles. The fourth-order valence-corrected chi connectivity index (χ4v) is 1.02. The molecule has 0 unspecified atom stereocenters. The SMILES string of the molecule is Cl.O=C1OCc2cccc1c2. The normalized spacial score (nSPS) is 13.3. The van der Waals surface area contributed by atoms with Crippen molar-refractivity contribution >= 4 is 18.4 Å². The van der Waals surface area contributed by atoms with Crippen LogP contribution in [0.3, 0.4) is 0 Å². The van der Waals surface area contributed by atoms with Crippen molar-refractivity contribution < 1.29 is 9.53 Å². The van der Waals surface area contributed by atoms with Crippen LogP contribution in [0.2, 0.25) is 0 Å². The third kappa shape index (κ3) is 1.35. The molecule has 11 heavy (non-hydrogen) atoms. The maximum absolute atomic E-state index is 10.8. The van der Waals surface area contributed by atoms with Crippen LogP contribution in [0, 0.1) is 0 Å². The van der Waals surface area contributed by atoms with Gasteiger partial charge in [0, 0.05) is 0 Å². The van der Waals surface area contributed by atoms with Gasteiger partial charge in [0.05, 0.1) is 5.56 Å². The number of ether oxygens (including phenoxy) is 1. The second kappa shape index (κ2) is 2.93. The third-order valence-corrected chi connectivity index (χ3v) is 1.53. The van der Waals surface area contributed by atoms with E-state index in [1.807, 2.05) is 18.2 Å². The van der Waals surface area contributed by atoms with Gasteiger partial charge in [-0.15, -0.1) is 12.4 Å². The van der Waals surface area contributed by atoms with Crippen LogP contribution in [-0.2, 0) is 11.3 Å². The first-order valence-electron chi connectivity index (χ1n) is 3.12. The van der Waals surface area contributed by atoms with E-state index in [0.717, 1.165) is 5.56 Å². The number of rotatable bonds is 0. The molecular formula is C8H7ClO2. The molecule has 58 valence electrons. The molecule has 2 rings (SSSR count). The minimum atomic E-state index is -0.215. The van der Waals surface area contributed by atoms with Crippen molar-refractivity contribution in [1.82, 2.24) is 0 Å². The molecule has 0 saturated carbocycles. The number of halogens is 1. The van der Waals surface area contributed by atoms with Gasteiger partial charge in [-0.2, -0.15) is 0 Å². The van der Waals surface area contributed by atoms with Crippen LogP contribution in [-0.4, -0.2) is 5.97 Å². The molecule has 1 aromatic carbocycles. The van der Waals surface area contributed by atoms with E-state index in [1.54, 1.807) is 6.07 Å². The summed E-state index contributed by atoms with van der Waals surface area (Å²) in [7, 11) is 0. The molecule has 0 aromatic heterocycles. The summed E-state index contributed by atoms with van der Waals surface area (Å²) in [6.07, 6.45) is 0. The second-order valence-corrected chi connectivity index (χ2v) is 2.28. The molecule has 0 fully saturated rings. The predicted octanol–water partition coefficient (Wildman–Crippen LogP) is 1.78. The molecule has 0 aliphatic carbocycles. The lowest BCUT2D eigenvalue weighted by Gasteiger charge is -2.11. The van der Waals surface area contributed by atoms with Crippen molar-refractivity contribution in [2.24, 2.45) is 0 Å². The quantitative estimate of drug-likeness (QED) is 0.555. The van der Waals surface area contributed by atoms with Crippen molar-refractivity contribution in [3.8, 4) is 0 Å². The van der Waals surface area contributed by atoms with Gasteiger partial charge in [-0.25, -0.2) is 4.79 Å². The van der Waals surface area contributed by atoms with E-state index in [0.29, 0.717) is 12.2 Å². The van der Waals surface area contributed by atoms with E-state index in [4.69, 9.17) is 4.74 Å². The first kappa shape index (κ1) is 8.08. The van der Waals surface area contributed by atoms with Crippen LogP contribution in [0.4, 0.5) is 0 Å². The number of hydrogen-bond donors (Lipinski definition) is 0. The minimum absolute atomic E-state index is 0. The molecule has 0 amide bonds. The average Bonchev–Trinajstić information content (AvgIpc) is 1.99. The first-order chi connectivity index (χ1) is 4.86. The molecule has 0 atom stereocenters. The Labute approximate surface area is 70.6 Å². The van der Waals surface area contributed by atoms with E-state index < -0.39 is 0 Å². The van der Waals surface area contributed by atoms with Crippen LogP contribution >= 0.6 is 12.4 Å². The van der Waals surface area contributed by atoms with Crippen LogP contribution in [0.15, 0.2) is 24.3 Å². The Kier molecular flexibility index (Phi) is 2.15. The molecule has 0 radical (unpaired) electrons. The fraction of sp³-hybridized carbons (Fsp3) is 0.125. The molecule has 0 N–H and O–H groups in total. The smallest absolute Gasteiger partial charge is 0.338 e. The summed E-state index contributed by atoms with van der Waals surface area (Å²) in [5, 5.41) is 0. The average molecular weight is 171 g/mol. The van der Waals surface area contributed by atoms with Gasteiger partial charge in [-0.1, -0.05) is 12.1 Å². The van der Waals surface area contributed by atoms with Crippen molar-refractivity contribution in [2.75, 3.05) is 0 Å². The molecule has 0 spiro atoms. The third-order valence-electron chi connectivity index (χ3n) is 1.53. The van der Waals surface area contributed by atoms with E-state index in [9.17, 15) is 4.79 Å². The molecule has 1 aliphatic heterocycles. The Morgan fingerprint density at radius 3 is 2.91 bits per heavy atom. The van der Waals surface area contributed by atoms with Gasteiger partial charge >= 0.3 is 5.97 Å². The minimum Gasteiger partial charge on any atom is -0.457 e. The Hall–Kier alpha value is -1.02. The maximum atomic E-state index is 10.8. The van der Waals surface area contributed by atoms with Crippen LogP contribution in [0.1, 0.15) is 15.9 Å². The number of carbonyl (C=O) groups is 1. The first-order valence-corrected chi connectivity index (χ1v) is 3.12. The molecule has 2 nitrogen and oxygen atoms in total. The van der Waals surface area contributed by atoms with E-state index in [-0.39, 0.29) is 18.4 Å². The van der Waals surface area contributed by atoms with Gasteiger partial charge in [0.15, 0.2) is 0 Å². The number of carbonyl (C=O) groups excluding carboxylic acids is 1. The zero-order valence-corrected chi connectivity index (χ0v) is 6.56. The van der Waals surface area contributed by atoms with E-state index in [2.05, 4.69) is 0 Å². The molecule has 2 bridgehead atoms. The summed E-state index contributed by atoms with van der Waals surface area (Å²) in [5.41, 5.74) is 1.72. The summed E-state index contributed by atoms with van der Waals surface area (Å²) < 4.78 is 4.82. The summed E-state index contributed by atoms with van der Waals surface area (Å²) in [4.78, 5) is 10.8. The van der Waals surface area contributed by atoms with E-state index >= 15 is 0 Å². The van der Waals surface area contributed by atoms with Crippen molar-refractivity contribution in [3.63, 3.8) is 0 Å². The van der Waals surface area contributed by atoms with Crippen molar-refractivity contribution in [3.05, 3.63) is 35.4 Å². The number of esters is 1. The Balaban J connectivity index is 0.000000605. The standard InChI is InChI=1S/C8H6O2.ClH/c9-8-7-3-1-2-6(4-7)5-10-8;/h1-4H,5H2;1H. The fourth-order valence-electron chi connectivity index (χ4n) is 1.02. The van der Waals surface area contributed by atoms with Gasteiger partial charge in [0.1, 0.15) is 6.61 Å². The lowest BCUT2D eigenvalue weighted by molar-refractivity contribution is 0.0454. The summed E-state index contributed by atoms with van der Waals surface area (Å²) in [5.74, 6) is -0.215. The van der Waals surface area contributed by atoms with Gasteiger partial charge < -0.3 is 4.74 Å². The Bertz CT molecular complexity index is 283. The van der Waals surface area contributed by atoms with Gasteiger partial charge in [-0.05, 0) is 17.7 Å². The number of benzene rings is 1. The molecular weight excluding hydrogens is 164 g/mol. The second-order valence-electron chi connectivity index (χ2n) is 2.28. The van der Waals surface area contributed by atoms with Crippen molar-refractivity contribution in [2.45, 2.75) is 6.61 Å². The lowest BCUT2D eigenvalue weighted by atomic mass is 10.1. The summed E-state index contributed by atoms with van der Waals surface area (Å²) >= 11 is 0. The number of cyclic esters (lactones) is 1. The molecule has 1 aliphatic rings. The molecule has 3 heteroatoms. The molecule has 1 heterocycles. The highest BCUT2D eigenvalue weighted by Gasteiger charge is 2.12. The van der Waals surface area contributed by atoms with Crippen molar-refractivity contribution in [1.29, 1.82) is 0 Å². The summed E-state index contributed by atoms with van der Waals surface area (Å²) in [6, 6.07) is 7.41.